The van der Waals surface area contributed by atoms with E-state index in [0.29, 0.717) is 0 Å². The van der Waals surface area contributed by atoms with Crippen molar-refractivity contribution in [3.8, 4) is 0 Å². The van der Waals surface area contributed by atoms with Crippen LogP contribution in [0.1, 0.15) is 35.6 Å². The van der Waals surface area contributed by atoms with Gasteiger partial charge in [0.2, 0.25) is 0 Å². The monoisotopic (exact) mass is 366 g/mol. The summed E-state index contributed by atoms with van der Waals surface area (Å²) >= 11 is 0. The highest BCUT2D eigenvalue weighted by molar-refractivity contribution is 5.87. The summed E-state index contributed by atoms with van der Waals surface area (Å²) in [6.07, 6.45) is 6.80. The quantitative estimate of drug-likeness (QED) is 0.758. The number of nitrogens with one attached hydrogen (secondary N) is 1. The number of anilines is 1. The summed E-state index contributed by atoms with van der Waals surface area (Å²) in [5, 5.41) is 13.3. The van der Waals surface area contributed by atoms with Gasteiger partial charge in [0.25, 0.3) is 0 Å². The fourth-order valence-electron chi connectivity index (χ4n) is 4.36. The first-order chi connectivity index (χ1) is 13.2. The van der Waals surface area contributed by atoms with E-state index in [2.05, 4.69) is 30.1 Å². The molecule has 1 aliphatic carbocycles. The number of rotatable bonds is 3. The third-order valence-electron chi connectivity index (χ3n) is 5.87. The second-order valence-corrected chi connectivity index (χ2v) is 7.70. The van der Waals surface area contributed by atoms with Crippen molar-refractivity contribution in [2.24, 2.45) is 7.05 Å². The third kappa shape index (κ3) is 2.97. The molecule has 0 amide bonds. The van der Waals surface area contributed by atoms with Crippen LogP contribution in [0, 0.1) is 6.92 Å². The number of fused-ring (bicyclic) bond motifs is 2. The normalized spacial score (nSPS) is 18.2. The molecule has 1 saturated heterocycles. The zero-order valence-corrected chi connectivity index (χ0v) is 16.1. The molecule has 5 rings (SSSR count). The number of aryl methyl sites for hydroxylation is 3. The Balaban J connectivity index is 1.30. The maximum atomic E-state index is 4.72. The van der Waals surface area contributed by atoms with Crippen molar-refractivity contribution in [2.45, 2.75) is 39.2 Å². The number of nitrogens with zero attached hydrogens (tertiary/aromatic N) is 7. The van der Waals surface area contributed by atoms with Gasteiger partial charge in [0.05, 0.1) is 17.3 Å². The van der Waals surface area contributed by atoms with Gasteiger partial charge in [-0.1, -0.05) is 0 Å². The van der Waals surface area contributed by atoms with E-state index in [-0.39, 0.29) is 0 Å². The summed E-state index contributed by atoms with van der Waals surface area (Å²) in [4.78, 5) is 14.1. The topological polar surface area (TPSA) is 78.8 Å². The molecule has 1 aliphatic heterocycles. The molecule has 1 fully saturated rings. The highest BCUT2D eigenvalue weighted by Gasteiger charge is 2.24. The van der Waals surface area contributed by atoms with Crippen LogP contribution in [0.25, 0.3) is 11.0 Å². The van der Waals surface area contributed by atoms with Gasteiger partial charge in [0, 0.05) is 45.5 Å². The lowest BCUT2D eigenvalue weighted by Gasteiger charge is -2.35. The molecule has 3 aromatic rings. The van der Waals surface area contributed by atoms with Crippen LogP contribution in [-0.4, -0.2) is 61.0 Å². The molecule has 1 N–H and O–H groups in total. The predicted molar refractivity (Wildman–Crippen MR) is 104 cm³/mol. The Kier molecular flexibility index (Phi) is 4.07. The van der Waals surface area contributed by atoms with E-state index in [1.807, 2.05) is 24.9 Å². The van der Waals surface area contributed by atoms with Crippen LogP contribution < -0.4 is 4.90 Å². The molecule has 0 saturated carbocycles. The Morgan fingerprint density at radius 1 is 1.07 bits per heavy atom. The molecule has 27 heavy (non-hydrogen) atoms. The second-order valence-electron chi connectivity index (χ2n) is 7.70. The highest BCUT2D eigenvalue weighted by atomic mass is 15.3. The zero-order chi connectivity index (χ0) is 18.4. The van der Waals surface area contributed by atoms with Gasteiger partial charge in [-0.3, -0.25) is 14.7 Å². The smallest absolute Gasteiger partial charge is 0.163 e. The number of H-pyrrole nitrogens is 1. The predicted octanol–water partition coefficient (Wildman–Crippen LogP) is 1.60. The fourth-order valence-corrected chi connectivity index (χ4v) is 4.36. The van der Waals surface area contributed by atoms with Crippen LogP contribution in [0.4, 0.5) is 5.82 Å². The Labute approximate surface area is 158 Å². The third-order valence-corrected chi connectivity index (χ3v) is 5.87. The maximum Gasteiger partial charge on any atom is 0.163 e. The van der Waals surface area contributed by atoms with Crippen LogP contribution >= 0.6 is 0 Å². The molecule has 8 nitrogen and oxygen atoms in total. The van der Waals surface area contributed by atoms with E-state index in [1.54, 1.807) is 0 Å². The lowest BCUT2D eigenvalue weighted by atomic mass is 9.96. The zero-order valence-electron chi connectivity index (χ0n) is 16.1. The van der Waals surface area contributed by atoms with Gasteiger partial charge in [-0.05, 0) is 38.2 Å². The molecule has 4 heterocycles. The molecule has 3 aromatic heterocycles. The van der Waals surface area contributed by atoms with Crippen molar-refractivity contribution in [1.29, 1.82) is 0 Å². The van der Waals surface area contributed by atoms with E-state index in [0.717, 1.165) is 61.8 Å². The summed E-state index contributed by atoms with van der Waals surface area (Å²) < 4.78 is 1.82. The van der Waals surface area contributed by atoms with E-state index in [9.17, 15) is 0 Å². The average Bonchev–Trinajstić information content (AvgIpc) is 3.26. The van der Waals surface area contributed by atoms with Crippen LogP contribution in [0.3, 0.4) is 0 Å². The molecule has 0 spiro atoms. The minimum Gasteiger partial charge on any atom is -0.353 e. The van der Waals surface area contributed by atoms with Gasteiger partial charge in [0.15, 0.2) is 5.65 Å². The summed E-state index contributed by atoms with van der Waals surface area (Å²) in [6.45, 7) is 6.87. The minimum atomic E-state index is 0.798. The van der Waals surface area contributed by atoms with Crippen molar-refractivity contribution in [3.63, 3.8) is 0 Å². The van der Waals surface area contributed by atoms with Gasteiger partial charge in [-0.2, -0.15) is 10.2 Å². The fraction of sp³-hybridized carbons (Fsp3) is 0.579. The minimum absolute atomic E-state index is 0.798. The number of hydrogen-bond acceptors (Lipinski definition) is 6. The van der Waals surface area contributed by atoms with Crippen molar-refractivity contribution < 1.29 is 0 Å². The summed E-state index contributed by atoms with van der Waals surface area (Å²) in [7, 11) is 1.93. The summed E-state index contributed by atoms with van der Waals surface area (Å²) in [5.41, 5.74) is 5.01. The molecule has 0 radical (unpaired) electrons. The van der Waals surface area contributed by atoms with E-state index >= 15 is 0 Å². The summed E-state index contributed by atoms with van der Waals surface area (Å²) in [5.74, 6) is 1.81. The lowest BCUT2D eigenvalue weighted by Crippen LogP contribution is -2.46. The molecule has 142 valence electrons. The average molecular weight is 366 g/mol. The van der Waals surface area contributed by atoms with E-state index in [1.165, 1.54) is 36.2 Å². The highest BCUT2D eigenvalue weighted by Crippen LogP contribution is 2.26. The first-order valence-corrected chi connectivity index (χ1v) is 9.87. The molecule has 0 aromatic carbocycles. The molecule has 0 unspecified atom stereocenters. The molecule has 0 bridgehead atoms. The SMILES string of the molecule is Cc1nc(N2CCN(Cc3n[nH]c4c3CCCC4)CC2)c2cnn(C)c2n1. The van der Waals surface area contributed by atoms with E-state index < -0.39 is 0 Å². The van der Waals surface area contributed by atoms with E-state index in [4.69, 9.17) is 4.98 Å². The second kappa shape index (κ2) is 6.60. The van der Waals surface area contributed by atoms with Crippen molar-refractivity contribution >= 4 is 16.9 Å². The Bertz CT molecular complexity index is 964. The van der Waals surface area contributed by atoms with Crippen LogP contribution in [0.5, 0.6) is 0 Å². The molecular formula is C19H26N8. The van der Waals surface area contributed by atoms with Crippen LogP contribution in [0.2, 0.25) is 0 Å². The van der Waals surface area contributed by atoms with Gasteiger partial charge in [-0.15, -0.1) is 0 Å². The van der Waals surface area contributed by atoms with Gasteiger partial charge in [-0.25, -0.2) is 9.97 Å². The number of hydrogen-bond donors (Lipinski definition) is 1. The Morgan fingerprint density at radius 2 is 1.89 bits per heavy atom. The lowest BCUT2D eigenvalue weighted by molar-refractivity contribution is 0.246. The Morgan fingerprint density at radius 3 is 2.74 bits per heavy atom. The van der Waals surface area contributed by atoms with Crippen molar-refractivity contribution in [1.82, 2.24) is 34.8 Å². The molecular weight excluding hydrogens is 340 g/mol. The summed E-state index contributed by atoms with van der Waals surface area (Å²) in [6, 6.07) is 0. The van der Waals surface area contributed by atoms with Crippen molar-refractivity contribution in [2.75, 3.05) is 31.1 Å². The standard InChI is InChI=1S/C19H26N8/c1-13-21-18-15(11-20-25(18)2)19(22-13)27-9-7-26(8-10-27)12-17-14-5-3-4-6-16(14)23-24-17/h11H,3-10,12H2,1-2H3,(H,23,24). The number of aromatic nitrogens is 6. The first kappa shape index (κ1) is 16.7. The van der Waals surface area contributed by atoms with Gasteiger partial charge in [0.1, 0.15) is 11.6 Å². The first-order valence-electron chi connectivity index (χ1n) is 9.87. The van der Waals surface area contributed by atoms with Crippen LogP contribution in [-0.2, 0) is 26.4 Å². The van der Waals surface area contributed by atoms with Gasteiger partial charge < -0.3 is 4.90 Å². The largest absolute Gasteiger partial charge is 0.353 e. The molecule has 0 atom stereocenters. The number of piperazine rings is 1. The van der Waals surface area contributed by atoms with Gasteiger partial charge >= 0.3 is 0 Å². The molecule has 2 aliphatic rings. The Hall–Kier alpha value is -2.48. The maximum absolute atomic E-state index is 4.72. The van der Waals surface area contributed by atoms with Crippen molar-refractivity contribution in [3.05, 3.63) is 29.0 Å². The molecule has 8 heteroatoms. The number of aromatic amines is 1. The van der Waals surface area contributed by atoms with Crippen LogP contribution in [0.15, 0.2) is 6.20 Å².